The molecule has 2 heterocycles. The Labute approximate surface area is 185 Å². The third-order valence-corrected chi connectivity index (χ3v) is 4.95. The highest BCUT2D eigenvalue weighted by Crippen LogP contribution is 2.34. The predicted molar refractivity (Wildman–Crippen MR) is 113 cm³/mol. The molecule has 2 aromatic carbocycles. The molecule has 2 aromatic heterocycles. The van der Waals surface area contributed by atoms with Crippen LogP contribution < -0.4 is 14.8 Å². The Morgan fingerprint density at radius 1 is 1.09 bits per heavy atom. The molecule has 0 aliphatic carbocycles. The lowest BCUT2D eigenvalue weighted by atomic mass is 10.1. The van der Waals surface area contributed by atoms with Crippen LogP contribution in [0.1, 0.15) is 16.1 Å². The summed E-state index contributed by atoms with van der Waals surface area (Å²) in [6.45, 7) is 1.83. The van der Waals surface area contributed by atoms with E-state index < -0.39 is 18.6 Å². The minimum absolute atomic E-state index is 0.0129. The maximum atomic E-state index is 13.4. The molecule has 0 saturated heterocycles. The van der Waals surface area contributed by atoms with E-state index in [9.17, 15) is 18.0 Å². The first-order valence-electron chi connectivity index (χ1n) is 9.72. The Hall–Kier alpha value is -4.02. The molecule has 0 bridgehead atoms. The number of hydrogen-bond donors (Lipinski definition) is 1. The number of nitrogens with one attached hydrogen (secondary N) is 1. The Bertz CT molecular complexity index is 1290. The first-order chi connectivity index (χ1) is 15.8. The molecule has 0 aliphatic heterocycles. The lowest BCUT2D eigenvalue weighted by Gasteiger charge is -2.17. The second-order valence-electron chi connectivity index (χ2n) is 7.09. The number of methoxy groups -OCH3 is 2. The van der Waals surface area contributed by atoms with Crippen LogP contribution in [-0.4, -0.2) is 47.6 Å². The molecule has 1 unspecified atom stereocenters. The van der Waals surface area contributed by atoms with Gasteiger partial charge in [0.05, 0.1) is 36.6 Å². The number of halogens is 3. The maximum Gasteiger partial charge on any atom is 0.287 e. The van der Waals surface area contributed by atoms with Crippen molar-refractivity contribution >= 4 is 16.9 Å². The van der Waals surface area contributed by atoms with Gasteiger partial charge in [-0.15, -0.1) is 0 Å². The molecule has 33 heavy (non-hydrogen) atoms. The Balaban J connectivity index is 1.75. The van der Waals surface area contributed by atoms with Gasteiger partial charge in [-0.1, -0.05) is 5.16 Å². The fourth-order valence-electron chi connectivity index (χ4n) is 3.39. The lowest BCUT2D eigenvalue weighted by Crippen LogP contribution is -2.36. The molecule has 1 atom stereocenters. The largest absolute Gasteiger partial charge is 0.496 e. The zero-order chi connectivity index (χ0) is 23.7. The second-order valence-corrected chi connectivity index (χ2v) is 7.09. The van der Waals surface area contributed by atoms with Crippen LogP contribution in [0.5, 0.6) is 11.5 Å². The number of fused-ring (bicyclic) bond motifs is 1. The lowest BCUT2D eigenvalue weighted by molar-refractivity contribution is 0.0285. The first kappa shape index (κ1) is 22.2. The number of carbonyl (C=O) groups excluding carboxylic acids is 1. The van der Waals surface area contributed by atoms with Gasteiger partial charge >= 0.3 is 0 Å². The SMILES string of the molecule is COc1cc(-n2cnc3cc(-c4cc(C)no4)ccc32)cc(OC)c1C(=O)NC(F)C(F)F. The van der Waals surface area contributed by atoms with E-state index in [1.165, 1.54) is 26.4 Å². The van der Waals surface area contributed by atoms with E-state index >= 15 is 0 Å². The van der Waals surface area contributed by atoms with Gasteiger partial charge in [0.1, 0.15) is 23.4 Å². The van der Waals surface area contributed by atoms with Gasteiger partial charge in [-0.05, 0) is 25.1 Å². The number of rotatable bonds is 7. The molecule has 4 aromatic rings. The number of aromatic nitrogens is 3. The summed E-state index contributed by atoms with van der Waals surface area (Å²) in [6.07, 6.45) is -4.62. The normalized spacial score (nSPS) is 12.2. The van der Waals surface area contributed by atoms with Crippen molar-refractivity contribution in [2.75, 3.05) is 14.2 Å². The standard InChI is InChI=1S/C22H19F3N4O4/c1-11-6-16(33-28-11)12-4-5-15-14(7-12)26-10-29(15)13-8-17(31-2)19(18(9-13)32-3)22(30)27-21(25)20(23)24/h4-10,20-21H,1-3H3,(H,27,30). The topological polar surface area (TPSA) is 91.4 Å². The summed E-state index contributed by atoms with van der Waals surface area (Å²) >= 11 is 0. The molecule has 172 valence electrons. The number of nitrogens with zero attached hydrogens (tertiary/aromatic N) is 3. The molecule has 11 heteroatoms. The van der Waals surface area contributed by atoms with E-state index in [1.54, 1.807) is 16.2 Å². The summed E-state index contributed by atoms with van der Waals surface area (Å²) in [5.41, 5.74) is 3.27. The highest BCUT2D eigenvalue weighted by molar-refractivity contribution is 6.00. The van der Waals surface area contributed by atoms with Crippen molar-refractivity contribution in [3.8, 4) is 28.5 Å². The van der Waals surface area contributed by atoms with E-state index in [4.69, 9.17) is 14.0 Å². The first-order valence-corrected chi connectivity index (χ1v) is 9.72. The predicted octanol–water partition coefficient (Wildman–Crippen LogP) is 4.30. The minimum Gasteiger partial charge on any atom is -0.496 e. The van der Waals surface area contributed by atoms with Crippen LogP contribution in [0.2, 0.25) is 0 Å². The highest BCUT2D eigenvalue weighted by atomic mass is 19.3. The Morgan fingerprint density at radius 3 is 2.36 bits per heavy atom. The van der Waals surface area contributed by atoms with Crippen molar-refractivity contribution in [3.05, 3.63) is 54.0 Å². The monoisotopic (exact) mass is 460 g/mol. The average Bonchev–Trinajstić information content (AvgIpc) is 3.43. The van der Waals surface area contributed by atoms with E-state index in [0.717, 1.165) is 16.8 Å². The summed E-state index contributed by atoms with van der Waals surface area (Å²) < 4.78 is 56.0. The molecular formula is C22H19F3N4O4. The number of imidazole rings is 1. The third kappa shape index (κ3) is 4.21. The van der Waals surface area contributed by atoms with Gasteiger partial charge in [0.15, 0.2) is 5.76 Å². The van der Waals surface area contributed by atoms with Crippen LogP contribution in [0.25, 0.3) is 28.0 Å². The quantitative estimate of drug-likeness (QED) is 0.414. The molecule has 4 rings (SSSR count). The van der Waals surface area contributed by atoms with Crippen molar-refractivity contribution in [2.45, 2.75) is 19.6 Å². The summed E-state index contributed by atoms with van der Waals surface area (Å²) in [5.74, 6) is -0.457. The fourth-order valence-corrected chi connectivity index (χ4v) is 3.39. The number of benzene rings is 2. The van der Waals surface area contributed by atoms with Gasteiger partial charge in [0.25, 0.3) is 12.3 Å². The number of amides is 1. The summed E-state index contributed by atoms with van der Waals surface area (Å²) in [4.78, 5) is 16.8. The third-order valence-electron chi connectivity index (χ3n) is 4.95. The van der Waals surface area contributed by atoms with E-state index in [2.05, 4.69) is 10.1 Å². The van der Waals surface area contributed by atoms with Crippen LogP contribution in [0.15, 0.2) is 47.2 Å². The molecular weight excluding hydrogens is 441 g/mol. The van der Waals surface area contributed by atoms with Crippen molar-refractivity contribution < 1.29 is 32.0 Å². The van der Waals surface area contributed by atoms with Crippen molar-refractivity contribution in [1.29, 1.82) is 0 Å². The molecule has 8 nitrogen and oxygen atoms in total. The van der Waals surface area contributed by atoms with E-state index in [0.29, 0.717) is 17.0 Å². The van der Waals surface area contributed by atoms with Crippen LogP contribution >= 0.6 is 0 Å². The smallest absolute Gasteiger partial charge is 0.287 e. The van der Waals surface area contributed by atoms with Crippen LogP contribution in [0.4, 0.5) is 13.2 Å². The zero-order valence-corrected chi connectivity index (χ0v) is 17.8. The maximum absolute atomic E-state index is 13.4. The molecule has 0 saturated carbocycles. The number of hydrogen-bond acceptors (Lipinski definition) is 6. The van der Waals surface area contributed by atoms with E-state index in [1.807, 2.05) is 31.2 Å². The number of alkyl halides is 3. The van der Waals surface area contributed by atoms with Crippen LogP contribution in [0, 0.1) is 6.92 Å². The molecule has 0 aliphatic rings. The number of carbonyl (C=O) groups is 1. The van der Waals surface area contributed by atoms with Crippen LogP contribution in [-0.2, 0) is 0 Å². The van der Waals surface area contributed by atoms with Gasteiger partial charge in [0, 0.05) is 23.8 Å². The van der Waals surface area contributed by atoms with Gasteiger partial charge in [-0.25, -0.2) is 18.2 Å². The highest BCUT2D eigenvalue weighted by Gasteiger charge is 2.27. The van der Waals surface area contributed by atoms with Crippen molar-refractivity contribution in [3.63, 3.8) is 0 Å². The minimum atomic E-state index is -3.37. The molecule has 1 amide bonds. The Morgan fingerprint density at radius 2 is 1.79 bits per heavy atom. The van der Waals surface area contributed by atoms with Crippen molar-refractivity contribution in [2.24, 2.45) is 0 Å². The van der Waals surface area contributed by atoms with Crippen LogP contribution in [0.3, 0.4) is 0 Å². The van der Waals surface area contributed by atoms with Gasteiger partial charge < -0.3 is 19.3 Å². The Kier molecular flexibility index (Phi) is 5.95. The van der Waals surface area contributed by atoms with Crippen molar-refractivity contribution in [1.82, 2.24) is 20.0 Å². The van der Waals surface area contributed by atoms with Gasteiger partial charge in [-0.2, -0.15) is 0 Å². The molecule has 1 N–H and O–H groups in total. The number of aryl methyl sites for hydroxylation is 1. The summed E-state index contributed by atoms with van der Waals surface area (Å²) in [7, 11) is 2.60. The van der Waals surface area contributed by atoms with E-state index in [-0.39, 0.29) is 17.1 Å². The second kappa shape index (κ2) is 8.85. The molecule has 0 spiro atoms. The summed E-state index contributed by atoms with van der Waals surface area (Å²) in [6, 6.07) is 10.3. The zero-order valence-electron chi connectivity index (χ0n) is 17.8. The average molecular weight is 460 g/mol. The number of ether oxygens (including phenoxy) is 2. The molecule has 0 fully saturated rings. The fraction of sp³-hybridized carbons (Fsp3) is 0.227. The van der Waals surface area contributed by atoms with Gasteiger partial charge in [0.2, 0.25) is 6.30 Å². The molecule has 0 radical (unpaired) electrons. The van der Waals surface area contributed by atoms with Gasteiger partial charge in [-0.3, -0.25) is 9.36 Å². The summed E-state index contributed by atoms with van der Waals surface area (Å²) in [5, 5.41) is 5.49.